The highest BCUT2D eigenvalue weighted by molar-refractivity contribution is 7.20. The molecule has 4 rings (SSSR count). The summed E-state index contributed by atoms with van der Waals surface area (Å²) in [7, 11) is 0. The molecule has 5 nitrogen and oxygen atoms in total. The summed E-state index contributed by atoms with van der Waals surface area (Å²) in [5.41, 5.74) is 2.28. The van der Waals surface area contributed by atoms with E-state index in [2.05, 4.69) is 10.4 Å². The molecule has 0 atom stereocenters. The highest BCUT2D eigenvalue weighted by atomic mass is 35.5. The maximum absolute atomic E-state index is 12.6. The first-order valence-corrected chi connectivity index (χ1v) is 9.06. The Morgan fingerprint density at radius 1 is 1.19 bits per heavy atom. The standard InChI is InChI=1S/C19H14ClN3O2S/c1-11-16-10-17(18(25)21-13-3-2-4-15(24)9-13)26-19(16)23(22-11)14-7-5-12(20)6-8-14/h2-10,24H,1H3,(H,21,25). The molecular formula is C19H14ClN3O2S. The first kappa shape index (κ1) is 16.6. The summed E-state index contributed by atoms with van der Waals surface area (Å²) < 4.78 is 1.82. The predicted octanol–water partition coefficient (Wildman–Crippen LogP) is 5.01. The zero-order valence-corrected chi connectivity index (χ0v) is 15.3. The molecule has 0 radical (unpaired) electrons. The summed E-state index contributed by atoms with van der Waals surface area (Å²) in [6.07, 6.45) is 0. The van der Waals surface area contributed by atoms with E-state index < -0.39 is 0 Å². The molecule has 7 heteroatoms. The number of halogens is 1. The van der Waals surface area contributed by atoms with E-state index >= 15 is 0 Å². The number of hydrogen-bond acceptors (Lipinski definition) is 4. The zero-order valence-electron chi connectivity index (χ0n) is 13.7. The molecule has 2 aromatic carbocycles. The normalized spacial score (nSPS) is 11.0. The molecule has 0 fully saturated rings. The lowest BCUT2D eigenvalue weighted by molar-refractivity contribution is 0.103. The van der Waals surface area contributed by atoms with Crippen LogP contribution in [0.4, 0.5) is 5.69 Å². The van der Waals surface area contributed by atoms with Gasteiger partial charge in [0.25, 0.3) is 5.91 Å². The van der Waals surface area contributed by atoms with Crippen molar-refractivity contribution in [1.82, 2.24) is 9.78 Å². The van der Waals surface area contributed by atoms with Gasteiger partial charge >= 0.3 is 0 Å². The molecule has 0 aliphatic heterocycles. The third-order valence-corrected chi connectivity index (χ3v) is 5.30. The Morgan fingerprint density at radius 3 is 2.69 bits per heavy atom. The van der Waals surface area contributed by atoms with Crippen molar-refractivity contribution >= 4 is 44.7 Å². The van der Waals surface area contributed by atoms with E-state index in [1.807, 2.05) is 41.9 Å². The second-order valence-electron chi connectivity index (χ2n) is 5.81. The molecule has 0 spiro atoms. The summed E-state index contributed by atoms with van der Waals surface area (Å²) >= 11 is 7.33. The molecule has 4 aromatic rings. The van der Waals surface area contributed by atoms with Gasteiger partial charge < -0.3 is 10.4 Å². The third-order valence-electron chi connectivity index (χ3n) is 3.94. The molecular weight excluding hydrogens is 370 g/mol. The summed E-state index contributed by atoms with van der Waals surface area (Å²) in [5.74, 6) is -0.118. The number of hydrogen-bond donors (Lipinski definition) is 2. The van der Waals surface area contributed by atoms with E-state index in [-0.39, 0.29) is 11.7 Å². The minimum atomic E-state index is -0.223. The highest BCUT2D eigenvalue weighted by Gasteiger charge is 2.17. The molecule has 1 amide bonds. The van der Waals surface area contributed by atoms with E-state index in [9.17, 15) is 9.90 Å². The van der Waals surface area contributed by atoms with Gasteiger partial charge in [-0.05, 0) is 49.4 Å². The van der Waals surface area contributed by atoms with Gasteiger partial charge in [-0.3, -0.25) is 4.79 Å². The fraction of sp³-hybridized carbons (Fsp3) is 0.0526. The average molecular weight is 384 g/mol. The number of nitrogens with one attached hydrogen (secondary N) is 1. The maximum atomic E-state index is 12.6. The number of phenolic OH excluding ortho intramolecular Hbond substituents is 1. The molecule has 0 saturated heterocycles. The first-order chi connectivity index (χ1) is 12.5. The SMILES string of the molecule is Cc1nn(-c2ccc(Cl)cc2)c2sc(C(=O)Nc3cccc(O)c3)cc12. The lowest BCUT2D eigenvalue weighted by atomic mass is 10.2. The Hall–Kier alpha value is -2.83. The molecule has 0 saturated carbocycles. The number of fused-ring (bicyclic) bond motifs is 1. The van der Waals surface area contributed by atoms with Crippen molar-refractivity contribution < 1.29 is 9.90 Å². The summed E-state index contributed by atoms with van der Waals surface area (Å²) in [4.78, 5) is 14.0. The summed E-state index contributed by atoms with van der Waals surface area (Å²) in [6.45, 7) is 1.92. The number of carbonyl (C=O) groups excluding carboxylic acids is 1. The van der Waals surface area contributed by atoms with Crippen molar-refractivity contribution in [3.05, 3.63) is 70.2 Å². The van der Waals surface area contributed by atoms with Crippen LogP contribution in [0.3, 0.4) is 0 Å². The second kappa shape index (κ2) is 6.48. The highest BCUT2D eigenvalue weighted by Crippen LogP contribution is 2.31. The smallest absolute Gasteiger partial charge is 0.265 e. The molecule has 2 N–H and O–H groups in total. The van der Waals surface area contributed by atoms with Crippen LogP contribution in [0.15, 0.2) is 54.6 Å². The molecule has 2 aromatic heterocycles. The van der Waals surface area contributed by atoms with Gasteiger partial charge in [0.05, 0.1) is 16.3 Å². The van der Waals surface area contributed by atoms with Crippen LogP contribution in [0.25, 0.3) is 15.9 Å². The van der Waals surface area contributed by atoms with E-state index in [0.29, 0.717) is 15.6 Å². The van der Waals surface area contributed by atoms with E-state index in [1.165, 1.54) is 17.4 Å². The number of thiophene rings is 1. The number of rotatable bonds is 3. The molecule has 26 heavy (non-hydrogen) atoms. The van der Waals surface area contributed by atoms with Gasteiger partial charge in [0.2, 0.25) is 0 Å². The number of aryl methyl sites for hydroxylation is 1. The Labute approximate surface area is 158 Å². The number of anilines is 1. The number of nitrogens with zero attached hydrogens (tertiary/aromatic N) is 2. The number of carbonyl (C=O) groups is 1. The number of benzene rings is 2. The van der Waals surface area contributed by atoms with Gasteiger partial charge in [-0.25, -0.2) is 4.68 Å². The van der Waals surface area contributed by atoms with E-state index in [0.717, 1.165) is 21.6 Å². The largest absolute Gasteiger partial charge is 0.508 e. The Balaban J connectivity index is 1.70. The van der Waals surface area contributed by atoms with E-state index in [4.69, 9.17) is 11.6 Å². The first-order valence-electron chi connectivity index (χ1n) is 7.87. The zero-order chi connectivity index (χ0) is 18.3. The second-order valence-corrected chi connectivity index (χ2v) is 7.27. The van der Waals surface area contributed by atoms with Crippen LogP contribution in [0.2, 0.25) is 5.02 Å². The minimum absolute atomic E-state index is 0.105. The van der Waals surface area contributed by atoms with Crippen molar-refractivity contribution in [2.45, 2.75) is 6.92 Å². The monoisotopic (exact) mass is 383 g/mol. The van der Waals surface area contributed by atoms with Gasteiger partial charge in [0, 0.05) is 22.2 Å². The minimum Gasteiger partial charge on any atom is -0.508 e. The average Bonchev–Trinajstić information content (AvgIpc) is 3.17. The van der Waals surface area contributed by atoms with Crippen molar-refractivity contribution in [2.75, 3.05) is 5.32 Å². The Morgan fingerprint density at radius 2 is 1.96 bits per heavy atom. The van der Waals surface area contributed by atoms with Gasteiger partial charge in [-0.15, -0.1) is 11.3 Å². The Bertz CT molecular complexity index is 1120. The molecule has 0 aliphatic carbocycles. The van der Waals surface area contributed by atoms with Crippen molar-refractivity contribution in [1.29, 1.82) is 0 Å². The van der Waals surface area contributed by atoms with Gasteiger partial charge in [0.15, 0.2) is 0 Å². The van der Waals surface area contributed by atoms with Crippen molar-refractivity contribution in [3.63, 3.8) is 0 Å². The van der Waals surface area contributed by atoms with Gasteiger partial charge in [-0.1, -0.05) is 17.7 Å². The molecule has 130 valence electrons. The van der Waals surface area contributed by atoms with Crippen LogP contribution in [0.5, 0.6) is 5.75 Å². The lowest BCUT2D eigenvalue weighted by Crippen LogP contribution is -2.09. The van der Waals surface area contributed by atoms with E-state index in [1.54, 1.807) is 18.2 Å². The number of amides is 1. The van der Waals surface area contributed by atoms with Crippen LogP contribution < -0.4 is 5.32 Å². The quantitative estimate of drug-likeness (QED) is 0.522. The maximum Gasteiger partial charge on any atom is 0.265 e. The topological polar surface area (TPSA) is 67.2 Å². The van der Waals surface area contributed by atoms with Crippen LogP contribution in [0, 0.1) is 6.92 Å². The fourth-order valence-electron chi connectivity index (χ4n) is 2.69. The van der Waals surface area contributed by atoms with Crippen molar-refractivity contribution in [2.24, 2.45) is 0 Å². The third kappa shape index (κ3) is 3.05. The Kier molecular flexibility index (Phi) is 4.14. The van der Waals surface area contributed by atoms with Crippen LogP contribution in [-0.4, -0.2) is 20.8 Å². The molecule has 0 bridgehead atoms. The number of phenols is 1. The van der Waals surface area contributed by atoms with Gasteiger partial charge in [0.1, 0.15) is 10.6 Å². The van der Waals surface area contributed by atoms with Crippen LogP contribution in [-0.2, 0) is 0 Å². The summed E-state index contributed by atoms with van der Waals surface area (Å²) in [5, 5.41) is 18.5. The number of aromatic nitrogens is 2. The van der Waals surface area contributed by atoms with Crippen molar-refractivity contribution in [3.8, 4) is 11.4 Å². The lowest BCUT2D eigenvalue weighted by Gasteiger charge is -2.04. The molecule has 2 heterocycles. The predicted molar refractivity (Wildman–Crippen MR) is 105 cm³/mol. The summed E-state index contributed by atoms with van der Waals surface area (Å²) in [6, 6.07) is 15.7. The molecule has 0 unspecified atom stereocenters. The number of aromatic hydroxyl groups is 1. The molecule has 0 aliphatic rings. The van der Waals surface area contributed by atoms with Crippen LogP contribution >= 0.6 is 22.9 Å². The van der Waals surface area contributed by atoms with Crippen LogP contribution in [0.1, 0.15) is 15.4 Å². The van der Waals surface area contributed by atoms with Gasteiger partial charge in [-0.2, -0.15) is 5.10 Å². The fourth-order valence-corrected chi connectivity index (χ4v) is 3.90.